The van der Waals surface area contributed by atoms with Crippen molar-refractivity contribution in [2.45, 2.75) is 19.8 Å². The highest BCUT2D eigenvalue weighted by atomic mass is 16.5. The third-order valence-corrected chi connectivity index (χ3v) is 3.49. The Balaban J connectivity index is 1.90. The second kappa shape index (κ2) is 4.29. The Kier molecular flexibility index (Phi) is 2.70. The number of urea groups is 1. The molecular weight excluding hydrogens is 262 g/mol. The smallest absolute Gasteiger partial charge is 0.335 e. The molecule has 0 bridgehead atoms. The van der Waals surface area contributed by atoms with Gasteiger partial charge in [-0.05, 0) is 25.8 Å². The maximum absolute atomic E-state index is 12.3. The van der Waals surface area contributed by atoms with Gasteiger partial charge in [-0.25, -0.2) is 14.7 Å². The van der Waals surface area contributed by atoms with Crippen molar-refractivity contribution in [3.63, 3.8) is 0 Å². The van der Waals surface area contributed by atoms with Crippen LogP contribution in [0.1, 0.15) is 19.8 Å². The monoisotopic (exact) mass is 275 g/mol. The maximum atomic E-state index is 12.3. The zero-order valence-corrected chi connectivity index (χ0v) is 10.9. The van der Waals surface area contributed by atoms with Crippen molar-refractivity contribution in [3.8, 4) is 5.88 Å². The van der Waals surface area contributed by atoms with E-state index in [1.165, 1.54) is 6.20 Å². The van der Waals surface area contributed by atoms with Crippen LogP contribution in [0.2, 0.25) is 0 Å². The predicted octanol–water partition coefficient (Wildman–Crippen LogP) is 0.843. The maximum Gasteiger partial charge on any atom is 0.335 e. The van der Waals surface area contributed by atoms with Crippen LogP contribution in [0.25, 0.3) is 0 Å². The normalized spacial score (nSPS) is 20.1. The summed E-state index contributed by atoms with van der Waals surface area (Å²) in [6.07, 6.45) is 2.34. The van der Waals surface area contributed by atoms with Crippen LogP contribution in [0, 0.1) is 5.41 Å². The molecule has 2 fully saturated rings. The lowest BCUT2D eigenvalue weighted by Crippen LogP contribution is -2.59. The quantitative estimate of drug-likeness (QED) is 0.826. The highest BCUT2D eigenvalue weighted by Gasteiger charge is 2.62. The van der Waals surface area contributed by atoms with Crippen molar-refractivity contribution >= 4 is 23.5 Å². The van der Waals surface area contributed by atoms with Gasteiger partial charge in [-0.2, -0.15) is 0 Å². The van der Waals surface area contributed by atoms with Gasteiger partial charge in [-0.15, -0.1) is 0 Å². The summed E-state index contributed by atoms with van der Waals surface area (Å²) < 4.78 is 5.20. The number of carbonyl (C=O) groups is 3. The van der Waals surface area contributed by atoms with Crippen LogP contribution in [0.5, 0.6) is 5.88 Å². The van der Waals surface area contributed by atoms with Crippen molar-refractivity contribution in [2.24, 2.45) is 5.41 Å². The first-order chi connectivity index (χ1) is 9.58. The number of nitrogens with zero attached hydrogens (tertiary/aromatic N) is 2. The summed E-state index contributed by atoms with van der Waals surface area (Å²) in [7, 11) is 0. The molecule has 104 valence electrons. The predicted molar refractivity (Wildman–Crippen MR) is 68.1 cm³/mol. The van der Waals surface area contributed by atoms with Crippen LogP contribution in [0.15, 0.2) is 18.3 Å². The van der Waals surface area contributed by atoms with E-state index in [0.717, 1.165) is 4.90 Å². The van der Waals surface area contributed by atoms with Crippen molar-refractivity contribution in [2.75, 3.05) is 11.5 Å². The second-order valence-corrected chi connectivity index (χ2v) is 4.77. The first-order valence-corrected chi connectivity index (χ1v) is 6.37. The van der Waals surface area contributed by atoms with Gasteiger partial charge in [0, 0.05) is 6.07 Å². The number of pyridine rings is 1. The Morgan fingerprint density at radius 1 is 1.35 bits per heavy atom. The van der Waals surface area contributed by atoms with Crippen LogP contribution in [-0.4, -0.2) is 29.4 Å². The van der Waals surface area contributed by atoms with Crippen LogP contribution >= 0.6 is 0 Å². The molecule has 1 aliphatic heterocycles. The fourth-order valence-corrected chi connectivity index (χ4v) is 2.21. The zero-order chi connectivity index (χ0) is 14.3. The number of imide groups is 2. The van der Waals surface area contributed by atoms with Crippen molar-refractivity contribution < 1.29 is 19.1 Å². The van der Waals surface area contributed by atoms with E-state index in [0.29, 0.717) is 31.0 Å². The number of hydrogen-bond donors (Lipinski definition) is 1. The largest absolute Gasteiger partial charge is 0.478 e. The van der Waals surface area contributed by atoms with E-state index in [-0.39, 0.29) is 0 Å². The van der Waals surface area contributed by atoms with Gasteiger partial charge in [0.25, 0.3) is 5.91 Å². The molecule has 7 nitrogen and oxygen atoms in total. The summed E-state index contributed by atoms with van der Waals surface area (Å²) in [5.74, 6) is -0.557. The molecule has 1 aliphatic carbocycles. The molecule has 1 aromatic heterocycles. The molecule has 2 heterocycles. The van der Waals surface area contributed by atoms with Gasteiger partial charge in [-0.1, -0.05) is 0 Å². The summed E-state index contributed by atoms with van der Waals surface area (Å²) in [6.45, 7) is 2.31. The summed E-state index contributed by atoms with van der Waals surface area (Å²) >= 11 is 0. The number of amides is 4. The van der Waals surface area contributed by atoms with Crippen LogP contribution in [-0.2, 0) is 9.59 Å². The Hall–Kier alpha value is -2.44. The number of anilines is 1. The van der Waals surface area contributed by atoms with E-state index in [1.54, 1.807) is 12.1 Å². The second-order valence-electron chi connectivity index (χ2n) is 4.77. The van der Waals surface area contributed by atoms with Crippen LogP contribution in [0.4, 0.5) is 10.5 Å². The van der Waals surface area contributed by atoms with Crippen molar-refractivity contribution in [1.29, 1.82) is 0 Å². The minimum Gasteiger partial charge on any atom is -0.478 e. The number of ether oxygens (including phenoxy) is 1. The first-order valence-electron chi connectivity index (χ1n) is 6.37. The number of carbonyl (C=O) groups excluding carboxylic acids is 3. The van der Waals surface area contributed by atoms with E-state index >= 15 is 0 Å². The average molecular weight is 275 g/mol. The standard InChI is InChI=1S/C13H13N3O4/c1-2-20-9-4-3-8(7-14-9)16-11(18)13(5-6-13)10(17)15-12(16)19/h3-4,7H,2,5-6H2,1H3,(H,15,17,19). The number of nitrogens with one attached hydrogen (secondary N) is 1. The third kappa shape index (κ3) is 1.74. The van der Waals surface area contributed by atoms with Gasteiger partial charge < -0.3 is 4.74 Å². The van der Waals surface area contributed by atoms with Gasteiger partial charge in [0.15, 0.2) is 0 Å². The van der Waals surface area contributed by atoms with Crippen LogP contribution in [0.3, 0.4) is 0 Å². The summed E-state index contributed by atoms with van der Waals surface area (Å²) in [5, 5.41) is 2.22. The molecule has 1 saturated carbocycles. The van der Waals surface area contributed by atoms with Gasteiger partial charge in [0.05, 0.1) is 18.5 Å². The third-order valence-electron chi connectivity index (χ3n) is 3.49. The molecule has 0 atom stereocenters. The SMILES string of the molecule is CCOc1ccc(N2C(=O)NC(=O)C3(CC3)C2=O)cn1. The highest BCUT2D eigenvalue weighted by molar-refractivity contribution is 6.31. The van der Waals surface area contributed by atoms with E-state index in [4.69, 9.17) is 4.74 Å². The molecule has 3 rings (SSSR count). The molecule has 2 aliphatic rings. The number of hydrogen-bond acceptors (Lipinski definition) is 5. The molecule has 0 radical (unpaired) electrons. The van der Waals surface area contributed by atoms with Crippen LogP contribution < -0.4 is 15.0 Å². The van der Waals surface area contributed by atoms with Gasteiger partial charge >= 0.3 is 6.03 Å². The Morgan fingerprint density at radius 2 is 2.10 bits per heavy atom. The Bertz CT molecular complexity index is 592. The van der Waals surface area contributed by atoms with E-state index in [1.807, 2.05) is 6.92 Å². The number of barbiturate groups is 1. The topological polar surface area (TPSA) is 88.6 Å². The number of rotatable bonds is 3. The minimum absolute atomic E-state index is 0.328. The lowest BCUT2D eigenvalue weighted by atomic mass is 10.0. The molecule has 1 saturated heterocycles. The zero-order valence-electron chi connectivity index (χ0n) is 10.9. The first kappa shape index (κ1) is 12.6. The lowest BCUT2D eigenvalue weighted by Gasteiger charge is -2.29. The summed E-state index contributed by atoms with van der Waals surface area (Å²) in [4.78, 5) is 40.9. The summed E-state index contributed by atoms with van der Waals surface area (Å²) in [6, 6.07) is 2.42. The fourth-order valence-electron chi connectivity index (χ4n) is 2.21. The molecule has 20 heavy (non-hydrogen) atoms. The highest BCUT2D eigenvalue weighted by Crippen LogP contribution is 2.49. The van der Waals surface area contributed by atoms with Crippen molar-refractivity contribution in [3.05, 3.63) is 18.3 Å². The molecule has 0 unspecified atom stereocenters. The molecule has 1 aromatic rings. The Morgan fingerprint density at radius 3 is 2.65 bits per heavy atom. The molecular formula is C13H13N3O4. The van der Waals surface area contributed by atoms with Gasteiger partial charge in [0.1, 0.15) is 5.41 Å². The molecule has 0 aromatic carbocycles. The van der Waals surface area contributed by atoms with E-state index < -0.39 is 23.3 Å². The van der Waals surface area contributed by atoms with E-state index in [2.05, 4.69) is 10.3 Å². The molecule has 1 N–H and O–H groups in total. The Labute approximate surface area is 114 Å². The summed E-state index contributed by atoms with van der Waals surface area (Å²) in [5.41, 5.74) is -0.721. The van der Waals surface area contributed by atoms with E-state index in [9.17, 15) is 14.4 Å². The molecule has 7 heteroatoms. The van der Waals surface area contributed by atoms with Crippen molar-refractivity contribution in [1.82, 2.24) is 10.3 Å². The van der Waals surface area contributed by atoms with Gasteiger partial charge in [-0.3, -0.25) is 14.9 Å². The lowest BCUT2D eigenvalue weighted by molar-refractivity contribution is -0.136. The molecule has 4 amide bonds. The average Bonchev–Trinajstić information content (AvgIpc) is 3.21. The minimum atomic E-state index is -1.05. The van der Waals surface area contributed by atoms with Gasteiger partial charge in [0.2, 0.25) is 11.8 Å². The fraction of sp³-hybridized carbons (Fsp3) is 0.385. The molecule has 1 spiro atoms. The number of aromatic nitrogens is 1.